The summed E-state index contributed by atoms with van der Waals surface area (Å²) in [7, 11) is 0. The molecule has 1 aromatic rings. The summed E-state index contributed by atoms with van der Waals surface area (Å²) in [6, 6.07) is 1.70. The Morgan fingerprint density at radius 2 is 1.55 bits per heavy atom. The van der Waals surface area contributed by atoms with Crippen molar-refractivity contribution in [2.75, 3.05) is 0 Å². The Bertz CT molecular complexity index is 558. The third-order valence-corrected chi connectivity index (χ3v) is 2.45. The van der Waals surface area contributed by atoms with Gasteiger partial charge >= 0.3 is 5.97 Å². The van der Waals surface area contributed by atoms with Crippen molar-refractivity contribution in [3.63, 3.8) is 0 Å². The molecule has 0 unspecified atom stereocenters. The van der Waals surface area contributed by atoms with Gasteiger partial charge < -0.3 is 4.74 Å². The first kappa shape index (κ1) is 15.8. The van der Waals surface area contributed by atoms with E-state index in [0.717, 1.165) is 12.1 Å². The molecule has 20 heavy (non-hydrogen) atoms. The Hall–Kier alpha value is -2.22. The molecular weight excluding hydrogens is 292 g/mol. The molecule has 0 fully saturated rings. The molecule has 108 valence electrons. The predicted octanol–water partition coefficient (Wildman–Crippen LogP) is 3.11. The monoisotopic (exact) mass is 302 g/mol. The van der Waals surface area contributed by atoms with E-state index in [1.165, 1.54) is 0 Å². The van der Waals surface area contributed by atoms with Crippen LogP contribution in [0.25, 0.3) is 0 Å². The Morgan fingerprint density at radius 3 is 1.85 bits per heavy atom. The van der Waals surface area contributed by atoms with Crippen LogP contribution in [0.1, 0.15) is 31.1 Å². The smallest absolute Gasteiger partial charge is 0.339 e. The van der Waals surface area contributed by atoms with Gasteiger partial charge in [-0.25, -0.2) is 4.79 Å². The van der Waals surface area contributed by atoms with Gasteiger partial charge in [-0.2, -0.15) is 0 Å². The number of carbonyl (C=O) groups is 1. The summed E-state index contributed by atoms with van der Waals surface area (Å²) in [6.45, 7) is 4.80. The number of hydrogen-bond donors (Lipinski definition) is 0. The van der Waals surface area contributed by atoms with Crippen LogP contribution in [0, 0.1) is 20.2 Å². The average Bonchev–Trinajstić information content (AvgIpc) is 2.25. The second kappa shape index (κ2) is 5.41. The molecule has 0 aliphatic rings. The van der Waals surface area contributed by atoms with Gasteiger partial charge in [0.15, 0.2) is 5.02 Å². The highest BCUT2D eigenvalue weighted by atomic mass is 35.5. The highest BCUT2D eigenvalue weighted by molar-refractivity contribution is 6.35. The number of benzene rings is 1. The zero-order valence-electron chi connectivity index (χ0n) is 10.9. The maximum atomic E-state index is 11.8. The molecule has 0 N–H and O–H groups in total. The maximum absolute atomic E-state index is 11.8. The van der Waals surface area contributed by atoms with Crippen LogP contribution in [0.5, 0.6) is 0 Å². The molecule has 0 amide bonds. The second-order valence-corrected chi connectivity index (χ2v) is 5.22. The van der Waals surface area contributed by atoms with Gasteiger partial charge in [0.25, 0.3) is 11.4 Å². The molecule has 0 aliphatic carbocycles. The Labute approximate surface area is 118 Å². The number of halogens is 1. The van der Waals surface area contributed by atoms with Gasteiger partial charge in [-0.15, -0.1) is 0 Å². The Morgan fingerprint density at radius 1 is 1.15 bits per heavy atom. The number of nitro groups is 2. The standard InChI is InChI=1S/C11H11ClN2O6/c1-11(2,3)20-10(15)6-4-7(13(16)17)9(12)8(5-6)14(18)19/h4-5H,1-3H3. The first-order valence-electron chi connectivity index (χ1n) is 5.38. The summed E-state index contributed by atoms with van der Waals surface area (Å²) in [5, 5.41) is 21.0. The lowest BCUT2D eigenvalue weighted by molar-refractivity contribution is -0.393. The van der Waals surface area contributed by atoms with E-state index in [0.29, 0.717) is 0 Å². The molecule has 9 heteroatoms. The predicted molar refractivity (Wildman–Crippen MR) is 69.9 cm³/mol. The first-order valence-corrected chi connectivity index (χ1v) is 5.76. The third kappa shape index (κ3) is 3.64. The van der Waals surface area contributed by atoms with Crippen LogP contribution in [0.15, 0.2) is 12.1 Å². The van der Waals surface area contributed by atoms with E-state index in [9.17, 15) is 25.0 Å². The van der Waals surface area contributed by atoms with E-state index in [4.69, 9.17) is 16.3 Å². The fraction of sp³-hybridized carbons (Fsp3) is 0.364. The minimum Gasteiger partial charge on any atom is -0.456 e. The van der Waals surface area contributed by atoms with E-state index in [-0.39, 0.29) is 5.56 Å². The summed E-state index contributed by atoms with van der Waals surface area (Å²) in [5.74, 6) is -0.902. The van der Waals surface area contributed by atoms with Crippen molar-refractivity contribution in [3.8, 4) is 0 Å². The van der Waals surface area contributed by atoms with E-state index >= 15 is 0 Å². The molecule has 0 aliphatic heterocycles. The topological polar surface area (TPSA) is 113 Å². The average molecular weight is 303 g/mol. The molecule has 0 atom stereocenters. The quantitative estimate of drug-likeness (QED) is 0.481. The lowest BCUT2D eigenvalue weighted by atomic mass is 10.1. The summed E-state index contributed by atoms with van der Waals surface area (Å²) < 4.78 is 5.01. The van der Waals surface area contributed by atoms with E-state index < -0.39 is 37.8 Å². The van der Waals surface area contributed by atoms with Gasteiger partial charge in [-0.1, -0.05) is 11.6 Å². The third-order valence-electron chi connectivity index (χ3n) is 2.06. The lowest BCUT2D eigenvalue weighted by Crippen LogP contribution is -2.24. The molecule has 1 rings (SSSR count). The Kier molecular flexibility index (Phi) is 4.29. The maximum Gasteiger partial charge on any atom is 0.339 e. The van der Waals surface area contributed by atoms with Crippen LogP contribution in [-0.4, -0.2) is 21.4 Å². The van der Waals surface area contributed by atoms with Gasteiger partial charge in [0.05, 0.1) is 15.4 Å². The van der Waals surface area contributed by atoms with E-state index in [1.807, 2.05) is 0 Å². The molecule has 8 nitrogen and oxygen atoms in total. The van der Waals surface area contributed by atoms with Crippen LogP contribution in [0.4, 0.5) is 11.4 Å². The molecule has 0 spiro atoms. The fourth-order valence-electron chi connectivity index (χ4n) is 1.31. The molecule has 0 bridgehead atoms. The molecule has 0 saturated carbocycles. The van der Waals surface area contributed by atoms with Crippen molar-refractivity contribution >= 4 is 28.9 Å². The number of rotatable bonds is 3. The fourth-order valence-corrected chi connectivity index (χ4v) is 1.56. The molecule has 0 saturated heterocycles. The highest BCUT2D eigenvalue weighted by Gasteiger charge is 2.29. The van der Waals surface area contributed by atoms with Crippen molar-refractivity contribution < 1.29 is 19.4 Å². The van der Waals surface area contributed by atoms with Crippen molar-refractivity contribution in [2.24, 2.45) is 0 Å². The lowest BCUT2D eigenvalue weighted by Gasteiger charge is -2.19. The second-order valence-electron chi connectivity index (χ2n) is 4.84. The van der Waals surface area contributed by atoms with Gasteiger partial charge in [0, 0.05) is 12.1 Å². The highest BCUT2D eigenvalue weighted by Crippen LogP contribution is 2.35. The molecule has 0 aromatic heterocycles. The summed E-state index contributed by atoms with van der Waals surface area (Å²) >= 11 is 5.57. The largest absolute Gasteiger partial charge is 0.456 e. The Balaban J connectivity index is 3.38. The molecule has 0 radical (unpaired) electrons. The van der Waals surface area contributed by atoms with Crippen molar-refractivity contribution in [1.29, 1.82) is 0 Å². The molecule has 0 heterocycles. The number of nitro benzene ring substituents is 2. The van der Waals surface area contributed by atoms with Gasteiger partial charge in [-0.05, 0) is 20.8 Å². The van der Waals surface area contributed by atoms with Crippen molar-refractivity contribution in [1.82, 2.24) is 0 Å². The van der Waals surface area contributed by atoms with Crippen LogP contribution >= 0.6 is 11.6 Å². The first-order chi connectivity index (χ1) is 9.03. The molecular formula is C11H11ClN2O6. The molecule has 1 aromatic carbocycles. The van der Waals surface area contributed by atoms with Gasteiger partial charge in [-0.3, -0.25) is 20.2 Å². The normalized spacial score (nSPS) is 11.0. The zero-order chi connectivity index (χ0) is 15.7. The van der Waals surface area contributed by atoms with Crippen LogP contribution < -0.4 is 0 Å². The van der Waals surface area contributed by atoms with E-state index in [2.05, 4.69) is 0 Å². The summed E-state index contributed by atoms with van der Waals surface area (Å²) in [4.78, 5) is 31.6. The van der Waals surface area contributed by atoms with Crippen LogP contribution in [0.3, 0.4) is 0 Å². The number of nitrogens with zero attached hydrogens (tertiary/aromatic N) is 2. The number of esters is 1. The SMILES string of the molecule is CC(C)(C)OC(=O)c1cc([N+](=O)[O-])c(Cl)c([N+](=O)[O-])c1. The minimum atomic E-state index is -0.902. The number of carbonyl (C=O) groups excluding carboxylic acids is 1. The van der Waals surface area contributed by atoms with Crippen LogP contribution in [-0.2, 0) is 4.74 Å². The summed E-state index contributed by atoms with van der Waals surface area (Å²) in [6.07, 6.45) is 0. The van der Waals surface area contributed by atoms with Crippen LogP contribution in [0.2, 0.25) is 5.02 Å². The summed E-state index contributed by atoms with van der Waals surface area (Å²) in [5.41, 5.74) is -2.58. The van der Waals surface area contributed by atoms with Gasteiger partial charge in [0.1, 0.15) is 5.60 Å². The zero-order valence-corrected chi connectivity index (χ0v) is 11.6. The minimum absolute atomic E-state index is 0.303. The van der Waals surface area contributed by atoms with Crippen molar-refractivity contribution in [2.45, 2.75) is 26.4 Å². The number of hydrogen-bond acceptors (Lipinski definition) is 6. The van der Waals surface area contributed by atoms with Gasteiger partial charge in [0.2, 0.25) is 0 Å². The van der Waals surface area contributed by atoms with E-state index in [1.54, 1.807) is 20.8 Å². The number of ether oxygens (including phenoxy) is 1. The van der Waals surface area contributed by atoms with Crippen molar-refractivity contribution in [3.05, 3.63) is 42.9 Å².